The highest BCUT2D eigenvalue weighted by Gasteiger charge is 2.34. The van der Waals surface area contributed by atoms with Crippen LogP contribution in [0.4, 0.5) is 0 Å². The van der Waals surface area contributed by atoms with E-state index in [2.05, 4.69) is 26.1 Å². The summed E-state index contributed by atoms with van der Waals surface area (Å²) in [7, 11) is 0. The normalized spacial score (nSPS) is 20.1. The van der Waals surface area contributed by atoms with Gasteiger partial charge in [-0.3, -0.25) is 0 Å². The van der Waals surface area contributed by atoms with Crippen molar-refractivity contribution in [3.8, 4) is 0 Å². The molecule has 19 heavy (non-hydrogen) atoms. The lowest BCUT2D eigenvalue weighted by Gasteiger charge is -2.36. The van der Waals surface area contributed by atoms with Gasteiger partial charge in [-0.1, -0.05) is 72.1 Å². The van der Waals surface area contributed by atoms with E-state index >= 15 is 0 Å². The first kappa shape index (κ1) is 17.0. The van der Waals surface area contributed by atoms with Gasteiger partial charge in [-0.25, -0.2) is 0 Å². The second-order valence-electron chi connectivity index (χ2n) is 6.92. The van der Waals surface area contributed by atoms with Gasteiger partial charge in [-0.15, -0.1) is 0 Å². The predicted molar refractivity (Wildman–Crippen MR) is 86.6 cm³/mol. The van der Waals surface area contributed by atoms with E-state index in [1.54, 1.807) is 0 Å². The van der Waals surface area contributed by atoms with E-state index in [1.807, 2.05) is 0 Å². The van der Waals surface area contributed by atoms with E-state index in [0.29, 0.717) is 5.41 Å². The summed E-state index contributed by atoms with van der Waals surface area (Å²) in [5.41, 5.74) is 0.567. The molecular formula is C18H37N. The zero-order valence-corrected chi connectivity index (χ0v) is 13.8. The SMILES string of the molecule is CCCCCCC(C)(CCCCCC)C1CCCN1. The molecule has 0 aromatic heterocycles. The van der Waals surface area contributed by atoms with E-state index in [0.717, 1.165) is 6.04 Å². The van der Waals surface area contributed by atoms with Gasteiger partial charge in [-0.05, 0) is 37.6 Å². The molecule has 0 spiro atoms. The van der Waals surface area contributed by atoms with Crippen LogP contribution in [0.3, 0.4) is 0 Å². The Hall–Kier alpha value is -0.0400. The minimum Gasteiger partial charge on any atom is -0.313 e. The Labute approximate surface area is 121 Å². The average Bonchev–Trinajstić information content (AvgIpc) is 2.95. The zero-order valence-electron chi connectivity index (χ0n) is 13.8. The predicted octanol–water partition coefficient (Wildman–Crippen LogP) is 5.69. The number of hydrogen-bond acceptors (Lipinski definition) is 1. The van der Waals surface area contributed by atoms with Gasteiger partial charge in [0.1, 0.15) is 0 Å². The lowest BCUT2D eigenvalue weighted by molar-refractivity contribution is 0.182. The molecule has 1 aliphatic heterocycles. The van der Waals surface area contributed by atoms with E-state index in [9.17, 15) is 0 Å². The fourth-order valence-electron chi connectivity index (χ4n) is 3.66. The van der Waals surface area contributed by atoms with E-state index in [4.69, 9.17) is 0 Å². The van der Waals surface area contributed by atoms with E-state index in [1.165, 1.54) is 83.6 Å². The summed E-state index contributed by atoms with van der Waals surface area (Å²) in [5.74, 6) is 0. The molecule has 0 amide bonds. The van der Waals surface area contributed by atoms with Crippen LogP contribution in [0.2, 0.25) is 0 Å². The molecule has 1 atom stereocenters. The molecule has 1 N–H and O–H groups in total. The van der Waals surface area contributed by atoms with Crippen molar-refractivity contribution in [3.63, 3.8) is 0 Å². The lowest BCUT2D eigenvalue weighted by atomic mass is 9.73. The van der Waals surface area contributed by atoms with Crippen molar-refractivity contribution < 1.29 is 0 Å². The van der Waals surface area contributed by atoms with Crippen molar-refractivity contribution in [1.82, 2.24) is 5.32 Å². The Balaban J connectivity index is 2.36. The second kappa shape index (κ2) is 9.80. The smallest absolute Gasteiger partial charge is 0.0121 e. The third kappa shape index (κ3) is 6.29. The van der Waals surface area contributed by atoms with Gasteiger partial charge in [0.2, 0.25) is 0 Å². The molecule has 1 saturated heterocycles. The summed E-state index contributed by atoms with van der Waals surface area (Å²) in [6, 6.07) is 0.802. The van der Waals surface area contributed by atoms with Crippen molar-refractivity contribution in [2.24, 2.45) is 5.41 Å². The average molecular weight is 268 g/mol. The first-order chi connectivity index (χ1) is 9.23. The van der Waals surface area contributed by atoms with Gasteiger partial charge in [0, 0.05) is 6.04 Å². The quantitative estimate of drug-likeness (QED) is 0.474. The van der Waals surface area contributed by atoms with Crippen molar-refractivity contribution >= 4 is 0 Å². The summed E-state index contributed by atoms with van der Waals surface area (Å²) < 4.78 is 0. The Kier molecular flexibility index (Phi) is 8.77. The van der Waals surface area contributed by atoms with Crippen LogP contribution in [0, 0.1) is 5.41 Å². The van der Waals surface area contributed by atoms with Crippen molar-refractivity contribution in [3.05, 3.63) is 0 Å². The molecule has 1 nitrogen and oxygen atoms in total. The Morgan fingerprint density at radius 3 is 1.89 bits per heavy atom. The molecule has 0 aromatic carbocycles. The third-order valence-corrected chi connectivity index (χ3v) is 5.10. The monoisotopic (exact) mass is 267 g/mol. The summed E-state index contributed by atoms with van der Waals surface area (Å²) in [4.78, 5) is 0. The van der Waals surface area contributed by atoms with Gasteiger partial charge in [-0.2, -0.15) is 0 Å². The zero-order chi connectivity index (χ0) is 14.0. The molecule has 114 valence electrons. The van der Waals surface area contributed by atoms with Crippen molar-refractivity contribution in [2.45, 2.75) is 104 Å². The molecule has 0 radical (unpaired) electrons. The van der Waals surface area contributed by atoms with Gasteiger partial charge >= 0.3 is 0 Å². The highest BCUT2D eigenvalue weighted by atomic mass is 15.0. The van der Waals surface area contributed by atoms with Crippen LogP contribution in [0.25, 0.3) is 0 Å². The Morgan fingerprint density at radius 2 is 1.47 bits per heavy atom. The van der Waals surface area contributed by atoms with Crippen LogP contribution >= 0.6 is 0 Å². The van der Waals surface area contributed by atoms with Crippen LogP contribution in [-0.4, -0.2) is 12.6 Å². The van der Waals surface area contributed by atoms with Gasteiger partial charge < -0.3 is 5.32 Å². The molecule has 1 fully saturated rings. The molecule has 0 bridgehead atoms. The van der Waals surface area contributed by atoms with Crippen LogP contribution < -0.4 is 5.32 Å². The maximum Gasteiger partial charge on any atom is 0.0121 e. The summed E-state index contributed by atoms with van der Waals surface area (Å²) in [6.07, 6.45) is 17.0. The molecule has 1 heterocycles. The van der Waals surface area contributed by atoms with E-state index < -0.39 is 0 Å². The number of hydrogen-bond donors (Lipinski definition) is 1. The second-order valence-corrected chi connectivity index (χ2v) is 6.92. The minimum atomic E-state index is 0.567. The molecule has 1 aliphatic rings. The van der Waals surface area contributed by atoms with Crippen LogP contribution in [0.1, 0.15) is 97.8 Å². The number of unbranched alkanes of at least 4 members (excludes halogenated alkanes) is 6. The molecule has 1 heteroatoms. The molecule has 0 saturated carbocycles. The van der Waals surface area contributed by atoms with Crippen LogP contribution in [0.15, 0.2) is 0 Å². The van der Waals surface area contributed by atoms with Crippen LogP contribution in [-0.2, 0) is 0 Å². The fourth-order valence-corrected chi connectivity index (χ4v) is 3.66. The van der Waals surface area contributed by atoms with Gasteiger partial charge in [0.15, 0.2) is 0 Å². The molecule has 1 unspecified atom stereocenters. The topological polar surface area (TPSA) is 12.0 Å². The van der Waals surface area contributed by atoms with E-state index in [-0.39, 0.29) is 0 Å². The standard InChI is InChI=1S/C18H37N/c1-4-6-8-10-14-18(3,15-11-9-7-5-2)17-13-12-16-19-17/h17,19H,4-16H2,1-3H3. The summed E-state index contributed by atoms with van der Waals surface area (Å²) >= 11 is 0. The molecule has 0 aromatic rings. The Bertz CT molecular complexity index is 194. The largest absolute Gasteiger partial charge is 0.313 e. The minimum absolute atomic E-state index is 0.567. The number of rotatable bonds is 11. The molecular weight excluding hydrogens is 230 g/mol. The maximum atomic E-state index is 3.78. The first-order valence-corrected chi connectivity index (χ1v) is 8.96. The Morgan fingerprint density at radius 1 is 0.895 bits per heavy atom. The van der Waals surface area contributed by atoms with Crippen LogP contribution in [0.5, 0.6) is 0 Å². The fraction of sp³-hybridized carbons (Fsp3) is 1.00. The highest BCUT2D eigenvalue weighted by Crippen LogP contribution is 2.38. The van der Waals surface area contributed by atoms with Gasteiger partial charge in [0.05, 0.1) is 0 Å². The third-order valence-electron chi connectivity index (χ3n) is 5.10. The lowest BCUT2D eigenvalue weighted by Crippen LogP contribution is -2.39. The first-order valence-electron chi connectivity index (χ1n) is 8.96. The van der Waals surface area contributed by atoms with Crippen molar-refractivity contribution in [1.29, 1.82) is 0 Å². The molecule has 1 rings (SSSR count). The van der Waals surface area contributed by atoms with Crippen molar-refractivity contribution in [2.75, 3.05) is 6.54 Å². The van der Waals surface area contributed by atoms with Gasteiger partial charge in [0.25, 0.3) is 0 Å². The summed E-state index contributed by atoms with van der Waals surface area (Å²) in [5, 5.41) is 3.78. The number of nitrogens with one attached hydrogen (secondary N) is 1. The highest BCUT2D eigenvalue weighted by molar-refractivity contribution is 4.91. The molecule has 0 aliphatic carbocycles. The summed E-state index contributed by atoms with van der Waals surface area (Å²) in [6.45, 7) is 8.43. The maximum absolute atomic E-state index is 3.78.